The van der Waals surface area contributed by atoms with Gasteiger partial charge in [0.1, 0.15) is 5.82 Å². The lowest BCUT2D eigenvalue weighted by Gasteiger charge is -2.09. The summed E-state index contributed by atoms with van der Waals surface area (Å²) in [6, 6.07) is 1.93. The molecule has 0 amide bonds. The number of rotatable bonds is 4. The number of hydrazine groups is 1. The number of aromatic nitrogens is 2. The molecule has 100 valence electrons. The number of anilines is 2. The molecule has 1 aromatic rings. The summed E-state index contributed by atoms with van der Waals surface area (Å²) in [5, 5.41) is 3.39. The molecule has 18 heavy (non-hydrogen) atoms. The molecule has 1 saturated carbocycles. The largest absolute Gasteiger partial charge is 0.370 e. The predicted octanol–water partition coefficient (Wildman–Crippen LogP) is 2.16. The highest BCUT2D eigenvalue weighted by Crippen LogP contribution is 2.68. The van der Waals surface area contributed by atoms with Crippen molar-refractivity contribution in [1.82, 2.24) is 9.97 Å². The summed E-state index contributed by atoms with van der Waals surface area (Å²) in [4.78, 5) is 8.45. The molecule has 0 unspecified atom stereocenters. The average molecular weight is 249 g/mol. The number of nitrogens with zero attached hydrogens (tertiary/aromatic N) is 2. The first-order chi connectivity index (χ1) is 8.29. The Balaban J connectivity index is 2.02. The second-order valence-corrected chi connectivity index (χ2v) is 6.24. The summed E-state index contributed by atoms with van der Waals surface area (Å²) in [7, 11) is 0. The van der Waals surface area contributed by atoms with Crippen LogP contribution in [0.4, 0.5) is 11.8 Å². The molecule has 1 fully saturated rings. The van der Waals surface area contributed by atoms with Crippen LogP contribution < -0.4 is 16.6 Å². The van der Waals surface area contributed by atoms with E-state index in [1.165, 1.54) is 0 Å². The third kappa shape index (κ3) is 2.03. The van der Waals surface area contributed by atoms with Crippen LogP contribution in [0.15, 0.2) is 6.07 Å². The maximum atomic E-state index is 5.34. The van der Waals surface area contributed by atoms with Crippen LogP contribution in [0, 0.1) is 23.7 Å². The number of hydrogen-bond donors (Lipinski definition) is 3. The molecule has 0 radical (unpaired) electrons. The summed E-state index contributed by atoms with van der Waals surface area (Å²) in [6.45, 7) is 12.1. The van der Waals surface area contributed by atoms with Crippen LogP contribution in [-0.4, -0.2) is 16.5 Å². The monoisotopic (exact) mass is 249 g/mol. The van der Waals surface area contributed by atoms with Crippen LogP contribution in [0.2, 0.25) is 0 Å². The zero-order chi connectivity index (χ0) is 13.6. The van der Waals surface area contributed by atoms with Gasteiger partial charge in [-0.3, -0.25) is 5.43 Å². The first-order valence-electron chi connectivity index (χ1n) is 6.35. The summed E-state index contributed by atoms with van der Waals surface area (Å²) in [6.07, 6.45) is 0. The molecule has 2 rings (SSSR count). The van der Waals surface area contributed by atoms with E-state index in [2.05, 4.69) is 48.4 Å². The minimum absolute atomic E-state index is 0.386. The van der Waals surface area contributed by atoms with Gasteiger partial charge in [-0.1, -0.05) is 27.7 Å². The van der Waals surface area contributed by atoms with Gasteiger partial charge in [-0.25, -0.2) is 10.8 Å². The van der Waals surface area contributed by atoms with E-state index in [9.17, 15) is 0 Å². The van der Waals surface area contributed by atoms with Crippen molar-refractivity contribution in [3.8, 4) is 0 Å². The van der Waals surface area contributed by atoms with Gasteiger partial charge >= 0.3 is 0 Å². The molecule has 5 heteroatoms. The zero-order valence-electron chi connectivity index (χ0n) is 11.8. The number of nitrogen functional groups attached to an aromatic ring is 1. The van der Waals surface area contributed by atoms with Crippen molar-refractivity contribution in [3.05, 3.63) is 11.8 Å². The van der Waals surface area contributed by atoms with Crippen LogP contribution in [0.5, 0.6) is 0 Å². The fraction of sp³-hybridized carbons (Fsp3) is 0.692. The number of nitrogens with two attached hydrogens (primary N) is 1. The highest BCUT2D eigenvalue weighted by molar-refractivity contribution is 5.42. The predicted molar refractivity (Wildman–Crippen MR) is 74.1 cm³/mol. The van der Waals surface area contributed by atoms with Crippen molar-refractivity contribution in [3.63, 3.8) is 0 Å². The first-order valence-corrected chi connectivity index (χ1v) is 6.35. The lowest BCUT2D eigenvalue weighted by Crippen LogP contribution is -2.14. The number of aryl methyl sites for hydroxylation is 1. The van der Waals surface area contributed by atoms with Gasteiger partial charge in [0.15, 0.2) is 0 Å². The number of hydrogen-bond acceptors (Lipinski definition) is 5. The molecular weight excluding hydrogens is 226 g/mol. The quantitative estimate of drug-likeness (QED) is 0.563. The topological polar surface area (TPSA) is 75.9 Å². The fourth-order valence-electron chi connectivity index (χ4n) is 2.77. The zero-order valence-corrected chi connectivity index (χ0v) is 11.8. The second kappa shape index (κ2) is 4.09. The van der Waals surface area contributed by atoms with E-state index in [1.54, 1.807) is 0 Å². The Hall–Kier alpha value is -1.36. The molecule has 1 heterocycles. The van der Waals surface area contributed by atoms with Gasteiger partial charge in [0.05, 0.1) is 0 Å². The van der Waals surface area contributed by atoms with Gasteiger partial charge in [0, 0.05) is 18.3 Å². The van der Waals surface area contributed by atoms with E-state index < -0.39 is 0 Å². The van der Waals surface area contributed by atoms with E-state index in [0.29, 0.717) is 22.7 Å². The van der Waals surface area contributed by atoms with E-state index in [0.717, 1.165) is 18.1 Å². The molecule has 1 aromatic heterocycles. The summed E-state index contributed by atoms with van der Waals surface area (Å²) < 4.78 is 0. The molecule has 0 aliphatic heterocycles. The van der Waals surface area contributed by atoms with Gasteiger partial charge in [0.25, 0.3) is 0 Å². The van der Waals surface area contributed by atoms with Crippen molar-refractivity contribution < 1.29 is 0 Å². The third-order valence-corrected chi connectivity index (χ3v) is 4.79. The Bertz CT molecular complexity index is 439. The smallest absolute Gasteiger partial charge is 0.239 e. The van der Waals surface area contributed by atoms with E-state index >= 15 is 0 Å². The molecule has 0 bridgehead atoms. The van der Waals surface area contributed by atoms with Crippen molar-refractivity contribution in [2.45, 2.75) is 34.6 Å². The maximum Gasteiger partial charge on any atom is 0.239 e. The molecule has 0 aromatic carbocycles. The Morgan fingerprint density at radius 1 is 1.22 bits per heavy atom. The van der Waals surface area contributed by atoms with Gasteiger partial charge < -0.3 is 5.32 Å². The molecule has 4 N–H and O–H groups in total. The Labute approximate surface area is 109 Å². The second-order valence-electron chi connectivity index (χ2n) is 6.24. The van der Waals surface area contributed by atoms with Crippen molar-refractivity contribution in [2.24, 2.45) is 22.6 Å². The maximum absolute atomic E-state index is 5.34. The molecule has 0 atom stereocenters. The molecule has 1 aliphatic rings. The molecule has 5 nitrogen and oxygen atoms in total. The van der Waals surface area contributed by atoms with Crippen LogP contribution in [0.25, 0.3) is 0 Å². The highest BCUT2D eigenvalue weighted by atomic mass is 15.3. The molecular formula is C13H23N5. The third-order valence-electron chi connectivity index (χ3n) is 4.79. The molecule has 0 saturated heterocycles. The van der Waals surface area contributed by atoms with Crippen molar-refractivity contribution in [1.29, 1.82) is 0 Å². The number of nitrogens with one attached hydrogen (secondary N) is 2. The standard InChI is InChI=1S/C13H23N5/c1-8-6-10(17-11(16-8)18-14)15-7-9-12(2,3)13(9,4)5/h6,9H,7,14H2,1-5H3,(H2,15,16,17,18). The lowest BCUT2D eigenvalue weighted by molar-refractivity contribution is 0.457. The van der Waals surface area contributed by atoms with E-state index in [1.807, 2.05) is 13.0 Å². The summed E-state index contributed by atoms with van der Waals surface area (Å²) in [5.41, 5.74) is 4.15. The molecule has 0 spiro atoms. The SMILES string of the molecule is Cc1cc(NCC2C(C)(C)C2(C)C)nc(NN)n1. The minimum Gasteiger partial charge on any atom is -0.370 e. The van der Waals surface area contributed by atoms with Gasteiger partial charge in [-0.2, -0.15) is 4.98 Å². The summed E-state index contributed by atoms with van der Waals surface area (Å²) >= 11 is 0. The van der Waals surface area contributed by atoms with Crippen LogP contribution in [0.3, 0.4) is 0 Å². The lowest BCUT2D eigenvalue weighted by atomic mass is 10.0. The fourth-order valence-corrected chi connectivity index (χ4v) is 2.77. The Morgan fingerprint density at radius 3 is 2.33 bits per heavy atom. The van der Waals surface area contributed by atoms with Crippen molar-refractivity contribution in [2.75, 3.05) is 17.3 Å². The minimum atomic E-state index is 0.386. The van der Waals surface area contributed by atoms with Crippen molar-refractivity contribution >= 4 is 11.8 Å². The molecule has 1 aliphatic carbocycles. The van der Waals surface area contributed by atoms with Gasteiger partial charge in [0.2, 0.25) is 5.95 Å². The van der Waals surface area contributed by atoms with Crippen LogP contribution in [-0.2, 0) is 0 Å². The first kappa shape index (κ1) is 13.1. The normalized spacial score (nSPS) is 20.6. The Morgan fingerprint density at radius 2 is 1.83 bits per heavy atom. The van der Waals surface area contributed by atoms with Crippen LogP contribution in [0.1, 0.15) is 33.4 Å². The van der Waals surface area contributed by atoms with Crippen LogP contribution >= 0.6 is 0 Å². The highest BCUT2D eigenvalue weighted by Gasteiger charge is 2.64. The van der Waals surface area contributed by atoms with Gasteiger partial charge in [-0.05, 0) is 23.7 Å². The Kier molecular flexibility index (Phi) is 2.97. The van der Waals surface area contributed by atoms with E-state index in [-0.39, 0.29) is 0 Å². The summed E-state index contributed by atoms with van der Waals surface area (Å²) in [5.74, 6) is 7.28. The average Bonchev–Trinajstić information content (AvgIpc) is 2.66. The van der Waals surface area contributed by atoms with Gasteiger partial charge in [-0.15, -0.1) is 0 Å². The van der Waals surface area contributed by atoms with E-state index in [4.69, 9.17) is 5.84 Å².